The monoisotopic (exact) mass is 733 g/mol. The van der Waals surface area contributed by atoms with Gasteiger partial charge in [0.2, 0.25) is 21.8 Å². The van der Waals surface area contributed by atoms with Gasteiger partial charge in [-0.1, -0.05) is 37.1 Å². The standard InChI is InChI=1S/C36H47FN4O9S/c1-35(2,3)50-33(45)38-28-13-8-6-4-5-7-11-23-17-36(23,32(44)39-51(47,48)25-14-15-25)18-30(42)29-16-24(20-41(29)31(28)43)49-34(46)40-19-22-10-9-12-27(37)26(22)21-40/h7,9-12,23-25,28-29H,4-6,8,13-21H2,1-3H3,(H,38,45)(H,39,44)/b11-7-/t23-,24-,28+,29+,36-/m1/s1/i1D3. The Labute approximate surface area is 301 Å². The molecule has 5 atom stereocenters. The number of halogens is 1. The minimum atomic E-state index is -3.92. The van der Waals surface area contributed by atoms with Crippen LogP contribution in [0.25, 0.3) is 0 Å². The van der Waals surface area contributed by atoms with E-state index in [9.17, 15) is 36.8 Å². The minimum absolute atomic E-state index is 0.0322. The van der Waals surface area contributed by atoms with E-state index in [0.717, 1.165) is 0 Å². The minimum Gasteiger partial charge on any atom is -0.444 e. The lowest BCUT2D eigenvalue weighted by atomic mass is 9.91. The van der Waals surface area contributed by atoms with Gasteiger partial charge in [-0.25, -0.2) is 22.4 Å². The number of amides is 4. The SMILES string of the molecule is [2H]C([2H])([2H])C(C)(C)OC(=O)N[C@H]1CCCCC/C=C\[C@@H]2C[C@@]2(C(=O)NS(=O)(=O)C2CC2)CC(=O)[C@@H]2C[C@@H](OC(=O)N3Cc4cccc(F)c4C3)CN2C1=O. The Hall–Kier alpha value is -4.01. The van der Waals surface area contributed by atoms with Crippen molar-refractivity contribution in [1.29, 1.82) is 0 Å². The maximum absolute atomic E-state index is 14.4. The molecule has 278 valence electrons. The number of carbonyl (C=O) groups excluding carboxylic acids is 5. The van der Waals surface area contributed by atoms with E-state index in [2.05, 4.69) is 10.0 Å². The summed E-state index contributed by atoms with van der Waals surface area (Å²) >= 11 is 0. The van der Waals surface area contributed by atoms with Crippen molar-refractivity contribution >= 4 is 39.8 Å². The molecule has 3 heterocycles. The van der Waals surface area contributed by atoms with Crippen LogP contribution in [0.5, 0.6) is 0 Å². The highest BCUT2D eigenvalue weighted by Crippen LogP contribution is 2.57. The second-order valence-corrected chi connectivity index (χ2v) is 16.9. The third kappa shape index (κ3) is 8.39. The quantitative estimate of drug-likeness (QED) is 0.421. The summed E-state index contributed by atoms with van der Waals surface area (Å²) in [5.74, 6) is -2.89. The molecule has 6 rings (SSSR count). The van der Waals surface area contributed by atoms with Crippen LogP contribution in [0, 0.1) is 17.2 Å². The molecular formula is C36H47FN4O9S. The summed E-state index contributed by atoms with van der Waals surface area (Å²) in [6.45, 7) is -0.408. The summed E-state index contributed by atoms with van der Waals surface area (Å²) in [7, 11) is -3.92. The van der Waals surface area contributed by atoms with Crippen LogP contribution in [-0.2, 0) is 47.0 Å². The van der Waals surface area contributed by atoms with Crippen LogP contribution in [0.15, 0.2) is 30.4 Å². The van der Waals surface area contributed by atoms with Crippen molar-refractivity contribution in [3.8, 4) is 0 Å². The van der Waals surface area contributed by atoms with Crippen LogP contribution in [-0.4, -0.2) is 83.6 Å². The zero-order chi connectivity index (χ0) is 39.2. The average Bonchev–Trinajstić information content (AvgIpc) is 3.96. The molecule has 0 spiro atoms. The predicted molar refractivity (Wildman–Crippen MR) is 182 cm³/mol. The molecular weight excluding hydrogens is 683 g/mol. The highest BCUT2D eigenvalue weighted by Gasteiger charge is 2.61. The van der Waals surface area contributed by atoms with E-state index in [1.54, 1.807) is 12.1 Å². The van der Waals surface area contributed by atoms with Crippen molar-refractivity contribution in [2.45, 2.75) is 127 Å². The van der Waals surface area contributed by atoms with Crippen molar-refractivity contribution in [2.24, 2.45) is 11.3 Å². The van der Waals surface area contributed by atoms with Gasteiger partial charge in [-0.05, 0) is 76.8 Å². The van der Waals surface area contributed by atoms with Crippen LogP contribution >= 0.6 is 0 Å². The molecule has 0 aromatic heterocycles. The van der Waals surface area contributed by atoms with Crippen LogP contribution < -0.4 is 10.0 Å². The molecule has 0 bridgehead atoms. The second kappa shape index (κ2) is 14.2. The number of hydrogen-bond acceptors (Lipinski definition) is 9. The molecule has 15 heteroatoms. The third-order valence-corrected chi connectivity index (χ3v) is 12.1. The van der Waals surface area contributed by atoms with Gasteiger partial charge in [0.25, 0.3) is 0 Å². The first-order valence-electron chi connectivity index (χ1n) is 19.1. The molecule has 1 aromatic rings. The maximum Gasteiger partial charge on any atom is 0.410 e. The number of hydrogen-bond donors (Lipinski definition) is 2. The van der Waals surface area contributed by atoms with Crippen LogP contribution in [0.1, 0.15) is 100 Å². The Morgan fingerprint density at radius 1 is 1.10 bits per heavy atom. The Bertz CT molecular complexity index is 1840. The molecule has 0 radical (unpaired) electrons. The molecule has 13 nitrogen and oxygen atoms in total. The zero-order valence-electron chi connectivity index (χ0n) is 31.8. The maximum atomic E-state index is 14.4. The fourth-order valence-corrected chi connectivity index (χ4v) is 8.70. The lowest BCUT2D eigenvalue weighted by Gasteiger charge is -2.30. The Balaban J connectivity index is 1.25. The van der Waals surface area contributed by atoms with E-state index in [1.807, 2.05) is 12.2 Å². The van der Waals surface area contributed by atoms with E-state index in [-0.39, 0.29) is 38.9 Å². The topological polar surface area (TPSA) is 168 Å². The highest BCUT2D eigenvalue weighted by molar-refractivity contribution is 7.90. The van der Waals surface area contributed by atoms with Crippen molar-refractivity contribution in [3.63, 3.8) is 0 Å². The van der Waals surface area contributed by atoms with E-state index < -0.39 is 99.3 Å². The number of nitrogens with zero attached hydrogens (tertiary/aromatic N) is 2. The Morgan fingerprint density at radius 2 is 1.88 bits per heavy atom. The molecule has 0 unspecified atom stereocenters. The summed E-state index contributed by atoms with van der Waals surface area (Å²) < 4.78 is 76.5. The molecule has 2 aliphatic carbocycles. The highest BCUT2D eigenvalue weighted by atomic mass is 32.2. The fraction of sp³-hybridized carbons (Fsp3) is 0.639. The van der Waals surface area contributed by atoms with Crippen molar-refractivity contribution < 1.29 is 50.4 Å². The number of ketones is 1. The van der Waals surface area contributed by atoms with Gasteiger partial charge in [0.05, 0.1) is 29.8 Å². The largest absolute Gasteiger partial charge is 0.444 e. The molecule has 1 aromatic carbocycles. The average molecular weight is 734 g/mol. The van der Waals surface area contributed by atoms with E-state index >= 15 is 0 Å². The van der Waals surface area contributed by atoms with Crippen molar-refractivity contribution in [2.75, 3.05) is 6.54 Å². The lowest BCUT2D eigenvalue weighted by molar-refractivity contribution is -0.140. The first-order valence-corrected chi connectivity index (χ1v) is 19.1. The third-order valence-electron chi connectivity index (χ3n) is 10.3. The summed E-state index contributed by atoms with van der Waals surface area (Å²) in [6, 6.07) is 2.08. The number of allylic oxidation sites excluding steroid dienone is 2. The smallest absolute Gasteiger partial charge is 0.410 e. The number of fused-ring (bicyclic) bond motifs is 3. The number of rotatable bonds is 5. The summed E-state index contributed by atoms with van der Waals surface area (Å²) in [5, 5.41) is 1.84. The first-order chi connectivity index (χ1) is 25.3. The van der Waals surface area contributed by atoms with Gasteiger partial charge in [-0.15, -0.1) is 0 Å². The van der Waals surface area contributed by atoms with E-state index in [4.69, 9.17) is 13.6 Å². The van der Waals surface area contributed by atoms with Gasteiger partial charge in [0.15, 0.2) is 5.78 Å². The lowest BCUT2D eigenvalue weighted by Crippen LogP contribution is -2.53. The van der Waals surface area contributed by atoms with E-state index in [1.165, 1.54) is 29.7 Å². The van der Waals surface area contributed by atoms with Gasteiger partial charge >= 0.3 is 12.2 Å². The molecule has 2 N–H and O–H groups in total. The van der Waals surface area contributed by atoms with E-state index in [0.29, 0.717) is 49.7 Å². The van der Waals surface area contributed by atoms with Gasteiger partial charge < -0.3 is 19.7 Å². The van der Waals surface area contributed by atoms with Crippen LogP contribution in [0.2, 0.25) is 0 Å². The summed E-state index contributed by atoms with van der Waals surface area (Å²) in [6.07, 6.45) is 3.93. The summed E-state index contributed by atoms with van der Waals surface area (Å²) in [4.78, 5) is 71.3. The molecule has 2 saturated carbocycles. The molecule has 1 saturated heterocycles. The molecule has 3 fully saturated rings. The molecule has 51 heavy (non-hydrogen) atoms. The molecule has 4 amide bonds. The molecule has 5 aliphatic rings. The zero-order valence-corrected chi connectivity index (χ0v) is 29.6. The normalized spacial score (nSPS) is 30.2. The number of benzene rings is 1. The number of carbonyl (C=O) groups is 5. The van der Waals surface area contributed by atoms with Crippen LogP contribution in [0.4, 0.5) is 14.0 Å². The fourth-order valence-electron chi connectivity index (χ4n) is 7.32. The van der Waals surface area contributed by atoms with Gasteiger partial charge in [0, 0.05) is 29.1 Å². The van der Waals surface area contributed by atoms with Gasteiger partial charge in [0.1, 0.15) is 23.6 Å². The van der Waals surface area contributed by atoms with Crippen molar-refractivity contribution in [1.82, 2.24) is 19.8 Å². The van der Waals surface area contributed by atoms with Gasteiger partial charge in [-0.2, -0.15) is 0 Å². The number of ether oxygens (including phenoxy) is 2. The molecule has 3 aliphatic heterocycles. The number of nitrogens with one attached hydrogen (secondary N) is 2. The van der Waals surface area contributed by atoms with Crippen molar-refractivity contribution in [3.05, 3.63) is 47.3 Å². The summed E-state index contributed by atoms with van der Waals surface area (Å²) in [5.41, 5.74) is -2.27. The number of sulfonamides is 1. The number of Topliss-reactive ketones (excluding diaryl/α,β-unsaturated/α-hetero) is 1. The Kier molecular flexibility index (Phi) is 9.15. The number of alkyl carbamates (subject to hydrolysis) is 1. The van der Waals surface area contributed by atoms with Gasteiger partial charge in [-0.3, -0.25) is 24.0 Å². The predicted octanol–water partition coefficient (Wildman–Crippen LogP) is 4.23. The van der Waals surface area contributed by atoms with Crippen LogP contribution in [0.3, 0.4) is 0 Å². The Morgan fingerprint density at radius 3 is 2.61 bits per heavy atom. The first kappa shape index (κ1) is 32.9. The second-order valence-electron chi connectivity index (χ2n) is 14.9.